The van der Waals surface area contributed by atoms with Crippen LogP contribution in [0, 0.1) is 6.92 Å². The number of thiazole rings is 1. The third kappa shape index (κ3) is 4.79. The van der Waals surface area contributed by atoms with Crippen LogP contribution in [0.3, 0.4) is 0 Å². The Hall–Kier alpha value is -0.410. The molecule has 1 aliphatic carbocycles. The molecule has 1 saturated heterocycles. The van der Waals surface area contributed by atoms with E-state index in [1.54, 1.807) is 11.3 Å². The molecule has 2 N–H and O–H groups in total. The zero-order chi connectivity index (χ0) is 13.9. The minimum absolute atomic E-state index is 0. The molecule has 0 spiro atoms. The second-order valence-electron chi connectivity index (χ2n) is 5.63. The number of halogens is 1. The van der Waals surface area contributed by atoms with Gasteiger partial charge in [-0.2, -0.15) is 0 Å². The Morgan fingerprint density at radius 2 is 2.29 bits per heavy atom. The summed E-state index contributed by atoms with van der Waals surface area (Å²) in [7, 11) is 1.83. The van der Waals surface area contributed by atoms with Crippen LogP contribution in [0.5, 0.6) is 0 Å². The number of rotatable bonds is 4. The zero-order valence-electron chi connectivity index (χ0n) is 12.6. The molecule has 1 unspecified atom stereocenters. The Kier molecular flexibility index (Phi) is 6.24. The van der Waals surface area contributed by atoms with Crippen LogP contribution >= 0.6 is 35.3 Å². The van der Waals surface area contributed by atoms with E-state index < -0.39 is 0 Å². The van der Waals surface area contributed by atoms with Crippen LogP contribution in [0.25, 0.3) is 0 Å². The number of likely N-dealkylation sites (tertiary alicyclic amines) is 1. The molecular weight excluding hydrogens is 397 g/mol. The second kappa shape index (κ2) is 7.73. The molecule has 0 amide bonds. The van der Waals surface area contributed by atoms with Crippen LogP contribution in [0.4, 0.5) is 0 Å². The first kappa shape index (κ1) is 17.0. The predicted molar refractivity (Wildman–Crippen MR) is 98.6 cm³/mol. The van der Waals surface area contributed by atoms with E-state index >= 15 is 0 Å². The van der Waals surface area contributed by atoms with Gasteiger partial charge >= 0.3 is 0 Å². The quantitative estimate of drug-likeness (QED) is 0.444. The van der Waals surface area contributed by atoms with Gasteiger partial charge in [-0.15, -0.1) is 35.3 Å². The summed E-state index contributed by atoms with van der Waals surface area (Å²) in [6.45, 7) is 5.22. The van der Waals surface area contributed by atoms with E-state index in [9.17, 15) is 0 Å². The van der Waals surface area contributed by atoms with Crippen molar-refractivity contribution in [1.82, 2.24) is 20.5 Å². The normalized spacial score (nSPS) is 23.0. The molecule has 0 aromatic carbocycles. The van der Waals surface area contributed by atoms with Crippen molar-refractivity contribution in [2.24, 2.45) is 4.99 Å². The van der Waals surface area contributed by atoms with Gasteiger partial charge in [0.1, 0.15) is 0 Å². The van der Waals surface area contributed by atoms with Gasteiger partial charge in [-0.25, -0.2) is 4.98 Å². The van der Waals surface area contributed by atoms with Crippen LogP contribution < -0.4 is 10.6 Å². The second-order valence-corrected chi connectivity index (χ2v) is 6.95. The van der Waals surface area contributed by atoms with Crippen molar-refractivity contribution in [1.29, 1.82) is 0 Å². The highest BCUT2D eigenvalue weighted by atomic mass is 127. The molecule has 7 heteroatoms. The Bertz CT molecular complexity index is 485. The van der Waals surface area contributed by atoms with Gasteiger partial charge in [-0.05, 0) is 26.2 Å². The highest BCUT2D eigenvalue weighted by Gasteiger charge is 2.34. The fourth-order valence-electron chi connectivity index (χ4n) is 2.72. The maximum atomic E-state index is 4.32. The van der Waals surface area contributed by atoms with Gasteiger partial charge < -0.3 is 10.6 Å². The Labute approximate surface area is 147 Å². The van der Waals surface area contributed by atoms with E-state index in [4.69, 9.17) is 0 Å². The first-order valence-corrected chi connectivity index (χ1v) is 8.19. The number of nitrogens with zero attached hydrogens (tertiary/aromatic N) is 3. The summed E-state index contributed by atoms with van der Waals surface area (Å²) in [6.07, 6.45) is 5.94. The van der Waals surface area contributed by atoms with Crippen molar-refractivity contribution in [2.45, 2.75) is 44.8 Å². The summed E-state index contributed by atoms with van der Waals surface area (Å²) in [5, 5.41) is 8.02. The fourth-order valence-corrected chi connectivity index (χ4v) is 3.46. The summed E-state index contributed by atoms with van der Waals surface area (Å²) in [4.78, 5) is 12.4. The van der Waals surface area contributed by atoms with Gasteiger partial charge in [-0.1, -0.05) is 0 Å². The fraction of sp³-hybridized carbons (Fsp3) is 0.714. The average Bonchev–Trinajstić information content (AvgIpc) is 3.06. The molecule has 0 radical (unpaired) electrons. The van der Waals surface area contributed by atoms with Crippen molar-refractivity contribution in [3.8, 4) is 0 Å². The molecule has 1 atom stereocenters. The molecule has 1 aromatic rings. The standard InChI is InChI=1S/C14H23N5S.HI/c1-10-16-7-13(20-10)8-17-14(15-2)18-11-5-6-19(9-11)12-3-4-12;/h7,11-12H,3-6,8-9H2,1-2H3,(H2,15,17,18);1H. The zero-order valence-corrected chi connectivity index (χ0v) is 15.8. The monoisotopic (exact) mass is 421 g/mol. The summed E-state index contributed by atoms with van der Waals surface area (Å²) < 4.78 is 0. The van der Waals surface area contributed by atoms with Crippen molar-refractivity contribution in [2.75, 3.05) is 20.1 Å². The molecule has 1 aromatic heterocycles. The van der Waals surface area contributed by atoms with Crippen LogP contribution in [0.15, 0.2) is 11.2 Å². The molecule has 1 saturated carbocycles. The van der Waals surface area contributed by atoms with Crippen LogP contribution in [-0.2, 0) is 6.54 Å². The summed E-state index contributed by atoms with van der Waals surface area (Å²) in [5.74, 6) is 0.902. The molecule has 2 heterocycles. The van der Waals surface area contributed by atoms with E-state index in [-0.39, 0.29) is 24.0 Å². The largest absolute Gasteiger partial charge is 0.352 e. The van der Waals surface area contributed by atoms with Crippen molar-refractivity contribution in [3.05, 3.63) is 16.1 Å². The third-order valence-electron chi connectivity index (χ3n) is 3.95. The Balaban J connectivity index is 0.00000161. The maximum absolute atomic E-state index is 4.32. The molecule has 1 aliphatic heterocycles. The molecule has 2 aliphatic rings. The van der Waals surface area contributed by atoms with E-state index in [0.717, 1.165) is 30.1 Å². The third-order valence-corrected chi connectivity index (χ3v) is 4.86. The highest BCUT2D eigenvalue weighted by Crippen LogP contribution is 2.29. The van der Waals surface area contributed by atoms with Gasteiger partial charge in [0.2, 0.25) is 0 Å². The lowest BCUT2D eigenvalue weighted by molar-refractivity contribution is 0.321. The van der Waals surface area contributed by atoms with Gasteiger partial charge in [0.15, 0.2) is 5.96 Å². The number of nitrogens with one attached hydrogen (secondary N) is 2. The van der Waals surface area contributed by atoms with Gasteiger partial charge in [0, 0.05) is 43.3 Å². The van der Waals surface area contributed by atoms with Crippen molar-refractivity contribution >= 4 is 41.3 Å². The SMILES string of the molecule is CN=C(NCc1cnc(C)s1)NC1CCN(C2CC2)C1.I. The number of guanidine groups is 1. The molecule has 0 bridgehead atoms. The van der Waals surface area contributed by atoms with Crippen LogP contribution in [0.1, 0.15) is 29.1 Å². The smallest absolute Gasteiger partial charge is 0.191 e. The molecule has 118 valence electrons. The minimum atomic E-state index is 0. The number of aliphatic imine (C=N–C) groups is 1. The highest BCUT2D eigenvalue weighted by molar-refractivity contribution is 14.0. The van der Waals surface area contributed by atoms with E-state index in [0.29, 0.717) is 6.04 Å². The Morgan fingerprint density at radius 1 is 1.48 bits per heavy atom. The van der Waals surface area contributed by atoms with Crippen LogP contribution in [-0.4, -0.2) is 48.1 Å². The maximum Gasteiger partial charge on any atom is 0.191 e. The Morgan fingerprint density at radius 3 is 2.90 bits per heavy atom. The number of aryl methyl sites for hydroxylation is 1. The number of hydrogen-bond donors (Lipinski definition) is 2. The van der Waals surface area contributed by atoms with E-state index in [1.807, 2.05) is 20.2 Å². The lowest BCUT2D eigenvalue weighted by Gasteiger charge is -2.18. The lowest BCUT2D eigenvalue weighted by atomic mass is 10.3. The summed E-state index contributed by atoms with van der Waals surface area (Å²) >= 11 is 1.73. The average molecular weight is 421 g/mol. The summed E-state index contributed by atoms with van der Waals surface area (Å²) in [5.41, 5.74) is 0. The molecule has 3 rings (SSSR count). The molecule has 5 nitrogen and oxygen atoms in total. The molecule has 21 heavy (non-hydrogen) atoms. The van der Waals surface area contributed by atoms with E-state index in [2.05, 4.69) is 25.5 Å². The van der Waals surface area contributed by atoms with Crippen molar-refractivity contribution < 1.29 is 0 Å². The first-order chi connectivity index (χ1) is 9.74. The first-order valence-electron chi connectivity index (χ1n) is 7.37. The topological polar surface area (TPSA) is 52.6 Å². The van der Waals surface area contributed by atoms with Gasteiger partial charge in [-0.3, -0.25) is 9.89 Å². The summed E-state index contributed by atoms with van der Waals surface area (Å²) in [6, 6.07) is 1.40. The number of aromatic nitrogens is 1. The number of hydrogen-bond acceptors (Lipinski definition) is 4. The lowest BCUT2D eigenvalue weighted by Crippen LogP contribution is -2.44. The predicted octanol–water partition coefficient (Wildman–Crippen LogP) is 1.97. The molecule has 2 fully saturated rings. The molecular formula is C14H24IN5S. The minimum Gasteiger partial charge on any atom is -0.352 e. The van der Waals surface area contributed by atoms with Crippen LogP contribution in [0.2, 0.25) is 0 Å². The van der Waals surface area contributed by atoms with E-state index in [1.165, 1.54) is 30.7 Å². The van der Waals surface area contributed by atoms with Gasteiger partial charge in [0.05, 0.1) is 11.6 Å². The van der Waals surface area contributed by atoms with Gasteiger partial charge in [0.25, 0.3) is 0 Å². The van der Waals surface area contributed by atoms with Crippen molar-refractivity contribution in [3.63, 3.8) is 0 Å².